The van der Waals surface area contributed by atoms with Gasteiger partial charge in [0.1, 0.15) is 5.75 Å². The number of alkyl halides is 3. The predicted octanol–water partition coefficient (Wildman–Crippen LogP) is 5.08. The minimum atomic E-state index is -4.79. The van der Waals surface area contributed by atoms with Crippen molar-refractivity contribution >= 4 is 39.9 Å². The number of ether oxygens (including phenoxy) is 3. The standard InChI is InChI=1S/C23H22F3N5O4/c1-2-34-20(32)13-3-6-19-18(11-13)29-22(31(19)14-7-9-33-10-8-14)30-21-27-16-5-4-15(12-17(16)28-21)35-23(24,25)26/h3-6,11-12,14H,2,7-10H2,1H3,(H2,27,28,29,30). The first kappa shape index (κ1) is 23.0. The number of carbonyl (C=O) groups is 1. The van der Waals surface area contributed by atoms with E-state index in [-0.39, 0.29) is 18.4 Å². The molecule has 184 valence electrons. The van der Waals surface area contributed by atoms with Gasteiger partial charge >= 0.3 is 12.3 Å². The zero-order chi connectivity index (χ0) is 24.6. The van der Waals surface area contributed by atoms with Crippen molar-refractivity contribution in [1.29, 1.82) is 0 Å². The van der Waals surface area contributed by atoms with E-state index in [0.29, 0.717) is 47.2 Å². The Morgan fingerprint density at radius 3 is 2.71 bits per heavy atom. The quantitative estimate of drug-likeness (QED) is 0.364. The Morgan fingerprint density at radius 1 is 1.17 bits per heavy atom. The number of hydrogen-bond donors (Lipinski definition) is 2. The SMILES string of the molecule is CCOC(=O)c1ccc2c(c1)nc(Nc1nc3ccc(OC(F)(F)F)cc3[nH]1)n2C1CCOCC1. The van der Waals surface area contributed by atoms with E-state index < -0.39 is 12.3 Å². The van der Waals surface area contributed by atoms with E-state index in [1.54, 1.807) is 19.1 Å². The van der Waals surface area contributed by atoms with Crippen molar-refractivity contribution < 1.29 is 32.2 Å². The van der Waals surface area contributed by atoms with Crippen LogP contribution in [-0.2, 0) is 9.47 Å². The molecule has 12 heteroatoms. The number of benzene rings is 2. The number of nitrogens with one attached hydrogen (secondary N) is 2. The molecule has 0 saturated carbocycles. The Kier molecular flexibility index (Phi) is 5.97. The Labute approximate surface area is 197 Å². The summed E-state index contributed by atoms with van der Waals surface area (Å²) >= 11 is 0. The molecule has 0 amide bonds. The lowest BCUT2D eigenvalue weighted by Gasteiger charge is -2.25. The van der Waals surface area contributed by atoms with Gasteiger partial charge < -0.3 is 23.8 Å². The number of halogens is 3. The van der Waals surface area contributed by atoms with Crippen LogP contribution >= 0.6 is 0 Å². The van der Waals surface area contributed by atoms with Gasteiger partial charge in [0.25, 0.3) is 0 Å². The molecule has 0 bridgehead atoms. The van der Waals surface area contributed by atoms with Crippen LogP contribution in [0.25, 0.3) is 22.1 Å². The molecule has 0 radical (unpaired) electrons. The number of hydrogen-bond acceptors (Lipinski definition) is 7. The van der Waals surface area contributed by atoms with Crippen LogP contribution in [0.2, 0.25) is 0 Å². The summed E-state index contributed by atoms with van der Waals surface area (Å²) in [6, 6.07) is 9.17. The van der Waals surface area contributed by atoms with Gasteiger partial charge in [-0.15, -0.1) is 13.2 Å². The number of nitrogens with zero attached hydrogens (tertiary/aromatic N) is 3. The minimum Gasteiger partial charge on any atom is -0.462 e. The van der Waals surface area contributed by atoms with Crippen LogP contribution in [0.4, 0.5) is 25.1 Å². The molecule has 4 aromatic rings. The fraction of sp³-hybridized carbons (Fsp3) is 0.348. The van der Waals surface area contributed by atoms with Crippen molar-refractivity contribution in [3.8, 4) is 5.75 Å². The van der Waals surface area contributed by atoms with Crippen LogP contribution in [-0.4, -0.2) is 51.7 Å². The van der Waals surface area contributed by atoms with Gasteiger partial charge in [-0.1, -0.05) is 0 Å². The van der Waals surface area contributed by atoms with E-state index in [2.05, 4.69) is 20.0 Å². The van der Waals surface area contributed by atoms with Crippen LogP contribution in [0.3, 0.4) is 0 Å². The fourth-order valence-corrected chi connectivity index (χ4v) is 4.19. The molecule has 3 heterocycles. The average molecular weight is 489 g/mol. The summed E-state index contributed by atoms with van der Waals surface area (Å²) in [4.78, 5) is 24.3. The predicted molar refractivity (Wildman–Crippen MR) is 121 cm³/mol. The third-order valence-electron chi connectivity index (χ3n) is 5.67. The summed E-state index contributed by atoms with van der Waals surface area (Å²) in [5.41, 5.74) is 2.64. The Hall–Kier alpha value is -3.80. The molecule has 35 heavy (non-hydrogen) atoms. The number of aromatic amines is 1. The maximum Gasteiger partial charge on any atom is 0.573 e. The summed E-state index contributed by atoms with van der Waals surface area (Å²) in [5.74, 6) is 0.0111. The van der Waals surface area contributed by atoms with E-state index in [1.807, 2.05) is 10.6 Å². The van der Waals surface area contributed by atoms with Gasteiger partial charge in [0.2, 0.25) is 11.9 Å². The summed E-state index contributed by atoms with van der Waals surface area (Å²) in [5, 5.41) is 3.16. The Morgan fingerprint density at radius 2 is 1.97 bits per heavy atom. The molecule has 1 aliphatic rings. The van der Waals surface area contributed by atoms with Crippen LogP contribution in [0.1, 0.15) is 36.2 Å². The van der Waals surface area contributed by atoms with Gasteiger partial charge in [-0.2, -0.15) is 0 Å². The molecule has 2 N–H and O–H groups in total. The molecular formula is C23H22F3N5O4. The second-order valence-electron chi connectivity index (χ2n) is 8.01. The lowest BCUT2D eigenvalue weighted by atomic mass is 10.1. The number of anilines is 2. The van der Waals surface area contributed by atoms with Crippen LogP contribution in [0.5, 0.6) is 5.75 Å². The second-order valence-corrected chi connectivity index (χ2v) is 8.01. The number of carbonyl (C=O) groups excluding carboxylic acids is 1. The van der Waals surface area contributed by atoms with Crippen molar-refractivity contribution in [2.75, 3.05) is 25.1 Å². The summed E-state index contributed by atoms with van der Waals surface area (Å²) < 4.78 is 54.3. The molecule has 0 atom stereocenters. The number of esters is 1. The van der Waals surface area contributed by atoms with E-state index in [9.17, 15) is 18.0 Å². The third kappa shape index (κ3) is 4.87. The van der Waals surface area contributed by atoms with Crippen molar-refractivity contribution in [1.82, 2.24) is 19.5 Å². The van der Waals surface area contributed by atoms with Gasteiger partial charge in [0.15, 0.2) is 0 Å². The molecule has 0 unspecified atom stereocenters. The van der Waals surface area contributed by atoms with Crippen molar-refractivity contribution in [2.45, 2.75) is 32.2 Å². The van der Waals surface area contributed by atoms with Gasteiger partial charge in [0.05, 0.1) is 34.2 Å². The minimum absolute atomic E-state index is 0.0980. The average Bonchev–Trinajstić information content (AvgIpc) is 3.38. The molecule has 9 nitrogen and oxygen atoms in total. The zero-order valence-electron chi connectivity index (χ0n) is 18.7. The Bertz CT molecular complexity index is 1370. The number of aromatic nitrogens is 4. The summed E-state index contributed by atoms with van der Waals surface area (Å²) in [6.45, 7) is 3.22. The van der Waals surface area contributed by atoms with Crippen molar-refractivity contribution in [3.05, 3.63) is 42.0 Å². The van der Waals surface area contributed by atoms with Crippen LogP contribution in [0.15, 0.2) is 36.4 Å². The number of imidazole rings is 2. The summed E-state index contributed by atoms with van der Waals surface area (Å²) in [6.07, 6.45) is -3.23. The topological polar surface area (TPSA) is 103 Å². The number of H-pyrrole nitrogens is 1. The third-order valence-corrected chi connectivity index (χ3v) is 5.67. The normalized spacial score (nSPS) is 15.0. The van der Waals surface area contributed by atoms with Gasteiger partial charge in [-0.3, -0.25) is 5.32 Å². The van der Waals surface area contributed by atoms with Crippen LogP contribution in [0, 0.1) is 0 Å². The van der Waals surface area contributed by atoms with Gasteiger partial charge in [0, 0.05) is 25.3 Å². The van der Waals surface area contributed by atoms with Crippen LogP contribution < -0.4 is 10.1 Å². The fourth-order valence-electron chi connectivity index (χ4n) is 4.19. The molecule has 2 aromatic carbocycles. The van der Waals surface area contributed by atoms with Crippen molar-refractivity contribution in [3.63, 3.8) is 0 Å². The highest BCUT2D eigenvalue weighted by Gasteiger charge is 2.31. The molecule has 1 saturated heterocycles. The molecule has 1 aliphatic heterocycles. The summed E-state index contributed by atoms with van der Waals surface area (Å²) in [7, 11) is 0. The van der Waals surface area contributed by atoms with E-state index in [4.69, 9.17) is 14.5 Å². The monoisotopic (exact) mass is 489 g/mol. The second kappa shape index (κ2) is 9.10. The molecular weight excluding hydrogens is 467 g/mol. The first-order chi connectivity index (χ1) is 16.8. The van der Waals surface area contributed by atoms with E-state index in [0.717, 1.165) is 18.4 Å². The smallest absolute Gasteiger partial charge is 0.462 e. The molecule has 1 fully saturated rings. The maximum absolute atomic E-state index is 12.6. The highest BCUT2D eigenvalue weighted by Crippen LogP contribution is 2.33. The molecule has 2 aromatic heterocycles. The van der Waals surface area contributed by atoms with E-state index >= 15 is 0 Å². The van der Waals surface area contributed by atoms with Crippen molar-refractivity contribution in [2.24, 2.45) is 0 Å². The molecule has 5 rings (SSSR count). The highest BCUT2D eigenvalue weighted by atomic mass is 19.4. The lowest BCUT2D eigenvalue weighted by Crippen LogP contribution is -2.20. The number of rotatable bonds is 6. The molecule has 0 spiro atoms. The largest absolute Gasteiger partial charge is 0.573 e. The van der Waals surface area contributed by atoms with Gasteiger partial charge in [-0.05, 0) is 50.1 Å². The number of fused-ring (bicyclic) bond motifs is 2. The lowest BCUT2D eigenvalue weighted by molar-refractivity contribution is -0.274. The molecule has 0 aliphatic carbocycles. The first-order valence-electron chi connectivity index (χ1n) is 11.1. The zero-order valence-corrected chi connectivity index (χ0v) is 18.7. The maximum atomic E-state index is 12.6. The van der Waals surface area contributed by atoms with E-state index in [1.165, 1.54) is 18.2 Å². The highest BCUT2D eigenvalue weighted by molar-refractivity contribution is 5.94. The van der Waals surface area contributed by atoms with Gasteiger partial charge in [-0.25, -0.2) is 14.8 Å². The first-order valence-corrected chi connectivity index (χ1v) is 11.1. The Balaban J connectivity index is 1.51.